The van der Waals surface area contributed by atoms with Crippen LogP contribution in [0.1, 0.15) is 31.2 Å². The maximum atomic E-state index is 12.8. The largest absolute Gasteiger partial charge is 0.454 e. The quantitative estimate of drug-likeness (QED) is 0.735. The van der Waals surface area contributed by atoms with Crippen molar-refractivity contribution in [3.05, 3.63) is 54.1 Å². The van der Waals surface area contributed by atoms with Gasteiger partial charge in [0.25, 0.3) is 0 Å². The van der Waals surface area contributed by atoms with Gasteiger partial charge in [-0.05, 0) is 60.9 Å². The minimum absolute atomic E-state index is 0.201. The van der Waals surface area contributed by atoms with Crippen LogP contribution < -0.4 is 14.8 Å². The van der Waals surface area contributed by atoms with Crippen LogP contribution in [0, 0.1) is 0 Å². The van der Waals surface area contributed by atoms with E-state index in [0.29, 0.717) is 30.3 Å². The highest BCUT2D eigenvalue weighted by Gasteiger charge is 2.24. The summed E-state index contributed by atoms with van der Waals surface area (Å²) in [4.78, 5) is 12.5. The molecule has 30 heavy (non-hydrogen) atoms. The molecule has 2 aliphatic rings. The van der Waals surface area contributed by atoms with Crippen molar-refractivity contribution in [2.45, 2.75) is 30.6 Å². The molecular weight excluding hydrogens is 404 g/mol. The maximum absolute atomic E-state index is 12.8. The van der Waals surface area contributed by atoms with Crippen molar-refractivity contribution in [3.63, 3.8) is 0 Å². The molecule has 1 fully saturated rings. The molecule has 0 unspecified atom stereocenters. The topological polar surface area (TPSA) is 84.9 Å². The summed E-state index contributed by atoms with van der Waals surface area (Å²) in [6.07, 6.45) is 7.01. The number of rotatable bonds is 5. The van der Waals surface area contributed by atoms with E-state index >= 15 is 0 Å². The number of sulfonamides is 1. The number of carbonyl (C=O) groups is 1. The first-order valence-corrected chi connectivity index (χ1v) is 11.5. The van der Waals surface area contributed by atoms with E-state index in [4.69, 9.17) is 9.47 Å². The Hall–Kier alpha value is -2.84. The molecule has 2 aromatic carbocycles. The van der Waals surface area contributed by atoms with Crippen molar-refractivity contribution in [1.82, 2.24) is 4.31 Å². The van der Waals surface area contributed by atoms with Crippen molar-refractivity contribution >= 4 is 27.7 Å². The Bertz CT molecular complexity index is 1040. The standard InChI is InChI=1S/C22H24N2O5S/c25-22(12-6-17-5-11-20-21(15-17)29-16-28-20)23-18-7-9-19(10-8-18)30(26,27)24-13-3-1-2-4-14-24/h5-12,15H,1-4,13-14,16H2,(H,23,25)/b12-6+. The first-order chi connectivity index (χ1) is 14.5. The van der Waals surface area contributed by atoms with E-state index in [1.807, 2.05) is 6.07 Å². The van der Waals surface area contributed by atoms with Crippen LogP contribution in [0.15, 0.2) is 53.4 Å². The van der Waals surface area contributed by atoms with Crippen LogP contribution in [0.25, 0.3) is 6.08 Å². The molecule has 0 aromatic heterocycles. The number of hydrogen-bond donors (Lipinski definition) is 1. The molecule has 2 aromatic rings. The predicted molar refractivity (Wildman–Crippen MR) is 114 cm³/mol. The Kier molecular flexibility index (Phi) is 6.06. The molecule has 1 saturated heterocycles. The molecule has 0 saturated carbocycles. The lowest BCUT2D eigenvalue weighted by Gasteiger charge is -2.20. The highest BCUT2D eigenvalue weighted by molar-refractivity contribution is 7.89. The molecule has 0 atom stereocenters. The van der Waals surface area contributed by atoms with E-state index < -0.39 is 10.0 Å². The third kappa shape index (κ3) is 4.66. The lowest BCUT2D eigenvalue weighted by atomic mass is 10.2. The number of amides is 1. The predicted octanol–water partition coefficient (Wildman–Crippen LogP) is 3.63. The van der Waals surface area contributed by atoms with Gasteiger partial charge in [-0.3, -0.25) is 4.79 Å². The Morgan fingerprint density at radius 2 is 1.63 bits per heavy atom. The summed E-state index contributed by atoms with van der Waals surface area (Å²) in [7, 11) is -3.50. The zero-order chi connectivity index (χ0) is 21.0. The number of hydrogen-bond acceptors (Lipinski definition) is 5. The normalized spacial score (nSPS) is 17.1. The second kappa shape index (κ2) is 8.89. The van der Waals surface area contributed by atoms with Crippen LogP contribution >= 0.6 is 0 Å². The van der Waals surface area contributed by atoms with Gasteiger partial charge in [0, 0.05) is 24.9 Å². The Morgan fingerprint density at radius 3 is 2.37 bits per heavy atom. The number of nitrogens with zero attached hydrogens (tertiary/aromatic N) is 1. The molecule has 1 N–H and O–H groups in total. The van der Waals surface area contributed by atoms with E-state index in [1.54, 1.807) is 34.6 Å². The highest BCUT2D eigenvalue weighted by Crippen LogP contribution is 2.32. The molecule has 0 radical (unpaired) electrons. The smallest absolute Gasteiger partial charge is 0.248 e. The third-order valence-electron chi connectivity index (χ3n) is 5.15. The molecular formula is C22H24N2O5S. The third-order valence-corrected chi connectivity index (χ3v) is 7.06. The van der Waals surface area contributed by atoms with E-state index in [1.165, 1.54) is 18.2 Å². The average Bonchev–Trinajstić information content (AvgIpc) is 3.03. The number of anilines is 1. The summed E-state index contributed by atoms with van der Waals surface area (Å²) in [5.41, 5.74) is 1.35. The van der Waals surface area contributed by atoms with Gasteiger partial charge in [0.1, 0.15) is 0 Å². The first-order valence-electron chi connectivity index (χ1n) is 10.0. The van der Waals surface area contributed by atoms with Gasteiger partial charge in [0.2, 0.25) is 22.7 Å². The molecule has 2 heterocycles. The van der Waals surface area contributed by atoms with Crippen molar-refractivity contribution in [1.29, 1.82) is 0 Å². The minimum atomic E-state index is -3.50. The Morgan fingerprint density at radius 1 is 0.933 bits per heavy atom. The van der Waals surface area contributed by atoms with Gasteiger partial charge in [-0.15, -0.1) is 0 Å². The van der Waals surface area contributed by atoms with E-state index in [2.05, 4.69) is 5.32 Å². The summed E-state index contributed by atoms with van der Waals surface area (Å²) in [6, 6.07) is 11.7. The molecule has 2 aliphatic heterocycles. The van der Waals surface area contributed by atoms with Gasteiger partial charge in [-0.2, -0.15) is 4.31 Å². The Balaban J connectivity index is 1.38. The molecule has 0 aliphatic carbocycles. The van der Waals surface area contributed by atoms with Crippen LogP contribution in [0.3, 0.4) is 0 Å². The first kappa shape index (κ1) is 20.4. The average molecular weight is 429 g/mol. The maximum Gasteiger partial charge on any atom is 0.248 e. The molecule has 158 valence electrons. The summed E-state index contributed by atoms with van der Waals surface area (Å²) in [6.45, 7) is 1.32. The summed E-state index contributed by atoms with van der Waals surface area (Å²) in [5.74, 6) is 1.03. The van der Waals surface area contributed by atoms with Crippen LogP contribution in [0.2, 0.25) is 0 Å². The van der Waals surface area contributed by atoms with Crippen LogP contribution in [0.5, 0.6) is 11.5 Å². The van der Waals surface area contributed by atoms with Gasteiger partial charge < -0.3 is 14.8 Å². The van der Waals surface area contributed by atoms with Crippen LogP contribution in [-0.2, 0) is 14.8 Å². The second-order valence-corrected chi connectivity index (χ2v) is 9.22. The molecule has 8 heteroatoms. The molecule has 1 amide bonds. The zero-order valence-electron chi connectivity index (χ0n) is 16.5. The fraction of sp³-hybridized carbons (Fsp3) is 0.318. The van der Waals surface area contributed by atoms with Gasteiger partial charge in [0.15, 0.2) is 11.5 Å². The molecule has 7 nitrogen and oxygen atoms in total. The fourth-order valence-electron chi connectivity index (χ4n) is 3.51. The van der Waals surface area contributed by atoms with Crippen LogP contribution in [0.4, 0.5) is 5.69 Å². The summed E-state index contributed by atoms with van der Waals surface area (Å²) < 4.78 is 37.8. The number of nitrogens with one attached hydrogen (secondary N) is 1. The molecule has 0 spiro atoms. The number of fused-ring (bicyclic) bond motifs is 1. The fourth-order valence-corrected chi connectivity index (χ4v) is 5.03. The van der Waals surface area contributed by atoms with Crippen molar-refractivity contribution < 1.29 is 22.7 Å². The van der Waals surface area contributed by atoms with E-state index in [-0.39, 0.29) is 17.6 Å². The molecule has 0 bridgehead atoms. The van der Waals surface area contributed by atoms with E-state index in [0.717, 1.165) is 31.2 Å². The van der Waals surface area contributed by atoms with Gasteiger partial charge in [-0.1, -0.05) is 18.9 Å². The summed E-state index contributed by atoms with van der Waals surface area (Å²) >= 11 is 0. The van der Waals surface area contributed by atoms with Gasteiger partial charge in [-0.25, -0.2) is 8.42 Å². The van der Waals surface area contributed by atoms with Gasteiger partial charge in [0.05, 0.1) is 4.90 Å². The van der Waals surface area contributed by atoms with Crippen LogP contribution in [-0.4, -0.2) is 38.5 Å². The van der Waals surface area contributed by atoms with Gasteiger partial charge >= 0.3 is 0 Å². The number of carbonyl (C=O) groups excluding carboxylic acids is 1. The SMILES string of the molecule is O=C(/C=C/c1ccc2c(c1)OCO2)Nc1ccc(S(=O)(=O)N2CCCCCC2)cc1. The van der Waals surface area contributed by atoms with E-state index in [9.17, 15) is 13.2 Å². The second-order valence-electron chi connectivity index (χ2n) is 7.28. The van der Waals surface area contributed by atoms with Crippen molar-refractivity contribution in [2.24, 2.45) is 0 Å². The van der Waals surface area contributed by atoms with Crippen molar-refractivity contribution in [2.75, 3.05) is 25.2 Å². The number of ether oxygens (including phenoxy) is 2. The monoisotopic (exact) mass is 428 g/mol. The lowest BCUT2D eigenvalue weighted by Crippen LogP contribution is -2.31. The highest BCUT2D eigenvalue weighted by atomic mass is 32.2. The lowest BCUT2D eigenvalue weighted by molar-refractivity contribution is -0.111. The zero-order valence-corrected chi connectivity index (χ0v) is 17.4. The minimum Gasteiger partial charge on any atom is -0.454 e. The number of benzene rings is 2. The molecule has 4 rings (SSSR count). The summed E-state index contributed by atoms with van der Waals surface area (Å²) in [5, 5.41) is 2.74. The van der Waals surface area contributed by atoms with Crippen molar-refractivity contribution in [3.8, 4) is 11.5 Å². The Labute approximate surface area is 176 Å².